The summed E-state index contributed by atoms with van der Waals surface area (Å²) in [5, 5.41) is 4.76. The summed E-state index contributed by atoms with van der Waals surface area (Å²) in [7, 11) is 0. The highest BCUT2D eigenvalue weighted by atomic mass is 79.9. The molecule has 140 valence electrons. The van der Waals surface area contributed by atoms with Crippen molar-refractivity contribution in [2.24, 2.45) is 5.10 Å². The minimum absolute atomic E-state index is 0.175. The highest BCUT2D eigenvalue weighted by Crippen LogP contribution is 2.31. The Morgan fingerprint density at radius 2 is 1.96 bits per heavy atom. The number of rotatable bonds is 4. The number of anilines is 1. The zero-order valence-electron chi connectivity index (χ0n) is 14.1. The van der Waals surface area contributed by atoms with E-state index in [1.165, 1.54) is 6.21 Å². The van der Waals surface area contributed by atoms with Gasteiger partial charge >= 0.3 is 5.91 Å². The molecule has 1 aliphatic rings. The van der Waals surface area contributed by atoms with Crippen LogP contribution in [0.4, 0.5) is 5.88 Å². The number of nitrogens with one attached hydrogen (secondary N) is 1. The Morgan fingerprint density at radius 1 is 1.15 bits per heavy atom. The van der Waals surface area contributed by atoms with Gasteiger partial charge in [0.1, 0.15) is 11.3 Å². The average Bonchev–Trinajstić information content (AvgIpc) is 3.29. The van der Waals surface area contributed by atoms with Gasteiger partial charge in [0.05, 0.1) is 23.9 Å². The number of carbonyl (C=O) groups excluding carboxylic acids is 1. The van der Waals surface area contributed by atoms with Gasteiger partial charge in [-0.2, -0.15) is 5.10 Å². The monoisotopic (exact) mass is 495 g/mol. The van der Waals surface area contributed by atoms with Crippen LogP contribution in [0.1, 0.15) is 16.3 Å². The fraction of sp³-hybridized carbons (Fsp3) is 0.222. The minimum atomic E-state index is -0.439. The van der Waals surface area contributed by atoms with Crippen molar-refractivity contribution in [2.45, 2.75) is 0 Å². The van der Waals surface area contributed by atoms with Gasteiger partial charge in [0, 0.05) is 29.0 Å². The van der Waals surface area contributed by atoms with Crippen LogP contribution in [0.3, 0.4) is 0 Å². The van der Waals surface area contributed by atoms with Crippen LogP contribution in [0.5, 0.6) is 0 Å². The van der Waals surface area contributed by atoms with Crippen LogP contribution in [0, 0.1) is 0 Å². The number of amides is 1. The molecule has 1 aliphatic heterocycles. The van der Waals surface area contributed by atoms with E-state index < -0.39 is 5.91 Å². The van der Waals surface area contributed by atoms with Gasteiger partial charge in [-0.05, 0) is 40.2 Å². The predicted molar refractivity (Wildman–Crippen MR) is 108 cm³/mol. The van der Waals surface area contributed by atoms with Gasteiger partial charge in [-0.15, -0.1) is 0 Å². The second kappa shape index (κ2) is 7.87. The number of fused-ring (bicyclic) bond motifs is 1. The summed E-state index contributed by atoms with van der Waals surface area (Å²) in [5.41, 5.74) is 3.05. The van der Waals surface area contributed by atoms with E-state index in [1.807, 2.05) is 18.2 Å². The SMILES string of the molecule is O=C(N/N=C\c1ccc(N2CCOCC2)o1)c1cc2cc(Br)cc(Br)c2o1. The van der Waals surface area contributed by atoms with Crippen molar-refractivity contribution in [3.63, 3.8) is 0 Å². The summed E-state index contributed by atoms with van der Waals surface area (Å²) in [6, 6.07) is 9.08. The van der Waals surface area contributed by atoms with Crippen molar-refractivity contribution in [1.82, 2.24) is 5.43 Å². The molecule has 27 heavy (non-hydrogen) atoms. The number of carbonyl (C=O) groups is 1. The van der Waals surface area contributed by atoms with Crippen LogP contribution in [-0.4, -0.2) is 38.4 Å². The second-order valence-corrected chi connectivity index (χ2v) is 7.66. The molecule has 0 atom stereocenters. The molecule has 9 heteroatoms. The molecule has 0 spiro atoms. The number of hydrogen-bond donors (Lipinski definition) is 1. The van der Waals surface area contributed by atoms with E-state index in [2.05, 4.69) is 47.3 Å². The summed E-state index contributed by atoms with van der Waals surface area (Å²) < 4.78 is 18.3. The number of benzene rings is 1. The molecule has 7 nitrogen and oxygen atoms in total. The van der Waals surface area contributed by atoms with Crippen molar-refractivity contribution < 1.29 is 18.4 Å². The Labute approximate surface area is 171 Å². The maximum absolute atomic E-state index is 12.3. The molecule has 1 N–H and O–H groups in total. The summed E-state index contributed by atoms with van der Waals surface area (Å²) in [6.45, 7) is 2.95. The van der Waals surface area contributed by atoms with E-state index in [0.29, 0.717) is 24.6 Å². The third-order valence-corrected chi connectivity index (χ3v) is 5.10. The van der Waals surface area contributed by atoms with Crippen LogP contribution in [0.2, 0.25) is 0 Å². The molecule has 3 heterocycles. The van der Waals surface area contributed by atoms with Gasteiger partial charge in [-0.1, -0.05) is 15.9 Å². The molecule has 0 bridgehead atoms. The Hall–Kier alpha value is -2.10. The molecule has 0 radical (unpaired) electrons. The molecule has 1 fully saturated rings. The van der Waals surface area contributed by atoms with Crippen LogP contribution < -0.4 is 10.3 Å². The largest absolute Gasteiger partial charge is 0.450 e. The lowest BCUT2D eigenvalue weighted by molar-refractivity contribution is 0.0929. The van der Waals surface area contributed by atoms with Gasteiger partial charge in [-0.3, -0.25) is 4.79 Å². The molecule has 1 amide bonds. The van der Waals surface area contributed by atoms with Crippen LogP contribution in [0.15, 0.2) is 53.2 Å². The minimum Gasteiger partial charge on any atom is -0.450 e. The van der Waals surface area contributed by atoms with E-state index in [4.69, 9.17) is 13.6 Å². The van der Waals surface area contributed by atoms with Gasteiger partial charge < -0.3 is 18.5 Å². The van der Waals surface area contributed by atoms with E-state index in [1.54, 1.807) is 12.1 Å². The van der Waals surface area contributed by atoms with Crippen molar-refractivity contribution in [3.05, 3.63) is 50.8 Å². The fourth-order valence-corrected chi connectivity index (χ4v) is 4.10. The zero-order valence-corrected chi connectivity index (χ0v) is 17.2. The van der Waals surface area contributed by atoms with Gasteiger partial charge in [-0.25, -0.2) is 5.43 Å². The number of nitrogens with zero attached hydrogens (tertiary/aromatic N) is 2. The Balaban J connectivity index is 1.42. The van der Waals surface area contributed by atoms with E-state index >= 15 is 0 Å². The first-order chi connectivity index (χ1) is 13.1. The molecule has 0 unspecified atom stereocenters. The fourth-order valence-electron chi connectivity index (χ4n) is 2.76. The van der Waals surface area contributed by atoms with Crippen molar-refractivity contribution in [2.75, 3.05) is 31.2 Å². The normalized spacial score (nSPS) is 15.0. The summed E-state index contributed by atoms with van der Waals surface area (Å²) in [6.07, 6.45) is 1.46. The Morgan fingerprint density at radius 3 is 2.78 bits per heavy atom. The molecular formula is C18H15Br2N3O4. The van der Waals surface area contributed by atoms with E-state index in [0.717, 1.165) is 33.3 Å². The van der Waals surface area contributed by atoms with Crippen LogP contribution in [-0.2, 0) is 4.74 Å². The molecule has 1 saturated heterocycles. The van der Waals surface area contributed by atoms with E-state index in [9.17, 15) is 4.79 Å². The molecule has 4 rings (SSSR count). The van der Waals surface area contributed by atoms with Crippen LogP contribution >= 0.6 is 31.9 Å². The number of furan rings is 2. The van der Waals surface area contributed by atoms with Gasteiger partial charge in [0.2, 0.25) is 0 Å². The lowest BCUT2D eigenvalue weighted by Gasteiger charge is -2.26. The van der Waals surface area contributed by atoms with Crippen LogP contribution in [0.25, 0.3) is 11.0 Å². The predicted octanol–water partition coefficient (Wildman–Crippen LogP) is 4.15. The standard InChI is InChI=1S/C18H15Br2N3O4/c19-12-7-11-8-15(27-17(11)14(20)9-12)18(24)22-21-10-13-1-2-16(26-13)23-3-5-25-6-4-23/h1-2,7-10H,3-6H2,(H,22,24)/b21-10-. The third-order valence-electron chi connectivity index (χ3n) is 4.05. The average molecular weight is 497 g/mol. The summed E-state index contributed by atoms with van der Waals surface area (Å²) >= 11 is 6.83. The van der Waals surface area contributed by atoms with E-state index in [-0.39, 0.29) is 5.76 Å². The second-order valence-electron chi connectivity index (χ2n) is 5.89. The maximum Gasteiger partial charge on any atom is 0.307 e. The quantitative estimate of drug-likeness (QED) is 0.433. The smallest absolute Gasteiger partial charge is 0.307 e. The third kappa shape index (κ3) is 4.10. The lowest BCUT2D eigenvalue weighted by Crippen LogP contribution is -2.35. The number of ether oxygens (including phenoxy) is 1. The summed E-state index contributed by atoms with van der Waals surface area (Å²) in [5.74, 6) is 1.05. The van der Waals surface area contributed by atoms with Crippen molar-refractivity contribution in [3.8, 4) is 0 Å². The Kier molecular flexibility index (Phi) is 5.33. The zero-order chi connectivity index (χ0) is 18.8. The van der Waals surface area contributed by atoms with Gasteiger partial charge in [0.25, 0.3) is 0 Å². The number of halogens is 2. The molecule has 0 saturated carbocycles. The topological polar surface area (TPSA) is 80.2 Å². The maximum atomic E-state index is 12.3. The highest BCUT2D eigenvalue weighted by Gasteiger charge is 2.15. The first kappa shape index (κ1) is 18.3. The lowest BCUT2D eigenvalue weighted by atomic mass is 10.2. The first-order valence-electron chi connectivity index (χ1n) is 8.25. The molecule has 2 aromatic heterocycles. The number of hydrogen-bond acceptors (Lipinski definition) is 6. The Bertz CT molecular complexity index is 1010. The highest BCUT2D eigenvalue weighted by molar-refractivity contribution is 9.11. The molecule has 0 aliphatic carbocycles. The molecule has 3 aromatic rings. The first-order valence-corrected chi connectivity index (χ1v) is 9.83. The van der Waals surface area contributed by atoms with Crippen molar-refractivity contribution >= 4 is 60.8 Å². The van der Waals surface area contributed by atoms with Gasteiger partial charge in [0.15, 0.2) is 11.6 Å². The summed E-state index contributed by atoms with van der Waals surface area (Å²) in [4.78, 5) is 14.4. The van der Waals surface area contributed by atoms with Crippen molar-refractivity contribution in [1.29, 1.82) is 0 Å². The number of hydrazone groups is 1. The molecular weight excluding hydrogens is 482 g/mol. The molecule has 1 aromatic carbocycles. The number of morpholine rings is 1.